The summed E-state index contributed by atoms with van der Waals surface area (Å²) in [6.45, 7) is 4.60. The molecule has 1 aliphatic heterocycles. The van der Waals surface area contributed by atoms with Crippen molar-refractivity contribution in [1.82, 2.24) is 5.32 Å². The summed E-state index contributed by atoms with van der Waals surface area (Å²) < 4.78 is 12.0. The summed E-state index contributed by atoms with van der Waals surface area (Å²) in [5.74, 6) is -0.632. The summed E-state index contributed by atoms with van der Waals surface area (Å²) in [5, 5.41) is 4.87. The van der Waals surface area contributed by atoms with Gasteiger partial charge in [-0.15, -0.1) is 0 Å². The first-order valence-electron chi connectivity index (χ1n) is 12.5. The van der Waals surface area contributed by atoms with Gasteiger partial charge < -0.3 is 9.47 Å². The number of nitrogens with zero attached hydrogens (tertiary/aromatic N) is 1. The molecule has 1 saturated heterocycles. The maximum Gasteiger partial charge on any atom is 0.335 e. The van der Waals surface area contributed by atoms with E-state index in [2.05, 4.69) is 29.6 Å². The number of amides is 4. The van der Waals surface area contributed by atoms with Crippen LogP contribution in [0.2, 0.25) is 10.0 Å². The molecule has 1 aliphatic rings. The number of halogens is 2. The predicted molar refractivity (Wildman–Crippen MR) is 156 cm³/mol. The second-order valence-corrected chi connectivity index (χ2v) is 9.88. The number of rotatable bonds is 7. The van der Waals surface area contributed by atoms with Gasteiger partial charge in [-0.2, -0.15) is 0 Å². The number of carbonyl (C=O) groups is 3. The lowest BCUT2D eigenvalue weighted by atomic mass is 10.0. The summed E-state index contributed by atoms with van der Waals surface area (Å²) in [5.41, 5.74) is 2.65. The number of barbiturate groups is 1. The molecule has 4 aromatic rings. The molecule has 1 fully saturated rings. The Kier molecular flexibility index (Phi) is 7.78. The lowest BCUT2D eigenvalue weighted by Crippen LogP contribution is -2.54. The Morgan fingerprint density at radius 2 is 1.68 bits per heavy atom. The third kappa shape index (κ3) is 5.39. The van der Waals surface area contributed by atoms with E-state index in [0.29, 0.717) is 30.3 Å². The normalized spacial score (nSPS) is 14.6. The van der Waals surface area contributed by atoms with Gasteiger partial charge in [0.2, 0.25) is 0 Å². The fourth-order valence-corrected chi connectivity index (χ4v) is 4.76. The molecule has 4 amide bonds. The highest BCUT2D eigenvalue weighted by Crippen LogP contribution is 2.33. The largest absolute Gasteiger partial charge is 0.490 e. The molecule has 0 aliphatic carbocycles. The van der Waals surface area contributed by atoms with Gasteiger partial charge in [0.25, 0.3) is 11.8 Å². The number of hydrogen-bond donors (Lipinski definition) is 1. The van der Waals surface area contributed by atoms with E-state index in [0.717, 1.165) is 26.8 Å². The summed E-state index contributed by atoms with van der Waals surface area (Å²) in [6.07, 6.45) is 1.40. The summed E-state index contributed by atoms with van der Waals surface area (Å²) in [7, 11) is 0. The highest BCUT2D eigenvalue weighted by atomic mass is 35.5. The van der Waals surface area contributed by atoms with Crippen LogP contribution >= 0.6 is 23.2 Å². The van der Waals surface area contributed by atoms with Gasteiger partial charge in [0, 0.05) is 5.56 Å². The Hall–Kier alpha value is -4.33. The predicted octanol–water partition coefficient (Wildman–Crippen LogP) is 7.10. The van der Waals surface area contributed by atoms with Crippen molar-refractivity contribution in [2.75, 3.05) is 11.5 Å². The molecule has 202 valence electrons. The van der Waals surface area contributed by atoms with Crippen LogP contribution in [0.3, 0.4) is 0 Å². The average Bonchev–Trinajstić information content (AvgIpc) is 2.93. The molecule has 0 bridgehead atoms. The van der Waals surface area contributed by atoms with E-state index in [1.807, 2.05) is 26.0 Å². The van der Waals surface area contributed by atoms with Crippen molar-refractivity contribution in [2.24, 2.45) is 0 Å². The van der Waals surface area contributed by atoms with E-state index in [1.165, 1.54) is 24.3 Å². The Morgan fingerprint density at radius 3 is 2.45 bits per heavy atom. The van der Waals surface area contributed by atoms with Crippen molar-refractivity contribution >= 4 is 63.6 Å². The first kappa shape index (κ1) is 27.2. The number of carbonyl (C=O) groups excluding carboxylic acids is 3. The number of urea groups is 1. The second kappa shape index (κ2) is 11.4. The molecule has 1 N–H and O–H groups in total. The minimum atomic E-state index is -0.881. The van der Waals surface area contributed by atoms with Gasteiger partial charge in [-0.3, -0.25) is 14.9 Å². The number of imide groups is 2. The molecule has 0 radical (unpaired) electrons. The van der Waals surface area contributed by atoms with E-state index < -0.39 is 17.8 Å². The third-order valence-electron chi connectivity index (χ3n) is 6.49. The number of hydrogen-bond acceptors (Lipinski definition) is 5. The molecule has 0 atom stereocenters. The van der Waals surface area contributed by atoms with Crippen LogP contribution in [-0.2, 0) is 16.2 Å². The van der Waals surface area contributed by atoms with E-state index >= 15 is 0 Å². The van der Waals surface area contributed by atoms with E-state index in [4.69, 9.17) is 32.7 Å². The number of ether oxygens (including phenoxy) is 2. The molecule has 40 heavy (non-hydrogen) atoms. The SMILES string of the molecule is CCOc1cc(/C=C2\C(=O)NC(=O)N(c3ccc(Cl)c(Cl)c3)C2=O)ccc1OCc1c(C)ccc2ccccc12. The number of anilines is 1. The fourth-order valence-electron chi connectivity index (χ4n) is 4.47. The number of fused-ring (bicyclic) bond motifs is 1. The smallest absolute Gasteiger partial charge is 0.335 e. The molecule has 0 unspecified atom stereocenters. The van der Waals surface area contributed by atoms with Gasteiger partial charge in [-0.05, 0) is 72.2 Å². The van der Waals surface area contributed by atoms with Gasteiger partial charge in [0.1, 0.15) is 12.2 Å². The van der Waals surface area contributed by atoms with Crippen LogP contribution < -0.4 is 19.7 Å². The van der Waals surface area contributed by atoms with E-state index in [9.17, 15) is 14.4 Å². The fraction of sp³-hybridized carbons (Fsp3) is 0.129. The monoisotopic (exact) mass is 574 g/mol. The Bertz CT molecular complexity index is 1700. The molecule has 5 rings (SSSR count). The van der Waals surface area contributed by atoms with Crippen molar-refractivity contribution in [3.05, 3.63) is 105 Å². The van der Waals surface area contributed by atoms with E-state index in [-0.39, 0.29) is 21.3 Å². The van der Waals surface area contributed by atoms with Crippen molar-refractivity contribution in [3.8, 4) is 11.5 Å². The molecular weight excluding hydrogens is 551 g/mol. The van der Waals surface area contributed by atoms with Gasteiger partial charge in [0.15, 0.2) is 11.5 Å². The van der Waals surface area contributed by atoms with Gasteiger partial charge in [0.05, 0.1) is 22.3 Å². The van der Waals surface area contributed by atoms with Gasteiger partial charge >= 0.3 is 6.03 Å². The zero-order valence-corrected chi connectivity index (χ0v) is 23.2. The molecule has 4 aromatic carbocycles. The average molecular weight is 575 g/mol. The standard InChI is InChI=1S/C31H24Cl2N2O5/c1-3-39-28-15-19(9-13-27(28)40-17-24-18(2)8-10-20-6-4-5-7-22(20)24)14-23-29(36)34-31(38)35(30(23)37)21-11-12-25(32)26(33)16-21/h4-16H,3,17H2,1-2H3,(H,34,36,38)/b23-14+. The highest BCUT2D eigenvalue weighted by Gasteiger charge is 2.37. The van der Waals surface area contributed by atoms with Crippen molar-refractivity contribution in [2.45, 2.75) is 20.5 Å². The van der Waals surface area contributed by atoms with Crippen LogP contribution in [0.25, 0.3) is 16.8 Å². The molecular formula is C31H24Cl2N2O5. The lowest BCUT2D eigenvalue weighted by molar-refractivity contribution is -0.122. The van der Waals surface area contributed by atoms with E-state index in [1.54, 1.807) is 18.2 Å². The zero-order valence-electron chi connectivity index (χ0n) is 21.7. The first-order chi connectivity index (χ1) is 19.3. The third-order valence-corrected chi connectivity index (χ3v) is 7.23. The number of benzene rings is 4. The Balaban J connectivity index is 1.44. The van der Waals surface area contributed by atoms with Crippen LogP contribution in [-0.4, -0.2) is 24.5 Å². The maximum atomic E-state index is 13.3. The first-order valence-corrected chi connectivity index (χ1v) is 13.3. The summed E-state index contributed by atoms with van der Waals surface area (Å²) in [4.78, 5) is 39.3. The zero-order chi connectivity index (χ0) is 28.4. The van der Waals surface area contributed by atoms with Crippen LogP contribution in [0.5, 0.6) is 11.5 Å². The van der Waals surface area contributed by atoms with Crippen LogP contribution in [0, 0.1) is 6.92 Å². The Labute approximate surface area is 240 Å². The second-order valence-electron chi connectivity index (χ2n) is 9.07. The minimum absolute atomic E-state index is 0.165. The van der Waals surface area contributed by atoms with Crippen LogP contribution in [0.4, 0.5) is 10.5 Å². The molecule has 1 heterocycles. The molecule has 0 spiro atoms. The maximum absolute atomic E-state index is 13.3. The molecule has 0 aromatic heterocycles. The number of aryl methyl sites for hydroxylation is 1. The van der Waals surface area contributed by atoms with Gasteiger partial charge in [-0.1, -0.05) is 65.7 Å². The van der Waals surface area contributed by atoms with Crippen molar-refractivity contribution in [1.29, 1.82) is 0 Å². The summed E-state index contributed by atoms with van der Waals surface area (Å²) in [6, 6.07) is 20.8. The number of nitrogens with one attached hydrogen (secondary N) is 1. The Morgan fingerprint density at radius 1 is 0.875 bits per heavy atom. The van der Waals surface area contributed by atoms with Crippen LogP contribution in [0.1, 0.15) is 23.6 Å². The van der Waals surface area contributed by atoms with Crippen molar-refractivity contribution in [3.63, 3.8) is 0 Å². The summed E-state index contributed by atoms with van der Waals surface area (Å²) >= 11 is 12.1. The van der Waals surface area contributed by atoms with Crippen molar-refractivity contribution < 1.29 is 23.9 Å². The topological polar surface area (TPSA) is 84.9 Å². The quantitative estimate of drug-likeness (QED) is 0.188. The molecule has 7 nitrogen and oxygen atoms in total. The molecule has 9 heteroatoms. The minimum Gasteiger partial charge on any atom is -0.490 e. The van der Waals surface area contributed by atoms with Gasteiger partial charge in [-0.25, -0.2) is 9.69 Å². The molecule has 0 saturated carbocycles. The highest BCUT2D eigenvalue weighted by molar-refractivity contribution is 6.43. The lowest BCUT2D eigenvalue weighted by Gasteiger charge is -2.26. The van der Waals surface area contributed by atoms with Crippen LogP contribution in [0.15, 0.2) is 78.4 Å².